The van der Waals surface area contributed by atoms with Crippen LogP contribution in [0.2, 0.25) is 0 Å². The van der Waals surface area contributed by atoms with Crippen LogP contribution in [0.1, 0.15) is 16.7 Å². The monoisotopic (exact) mass is 193 g/mol. The molecule has 0 radical (unpaired) electrons. The summed E-state index contributed by atoms with van der Waals surface area (Å²) in [4.78, 5) is 4.71. The largest absolute Gasteiger partial charge is 0.478 e. The predicted octanol–water partition coefficient (Wildman–Crippen LogP) is 2.26. The Hall–Kier alpha value is -1.51. The third-order valence-electron chi connectivity index (χ3n) is 2.20. The van der Waals surface area contributed by atoms with Gasteiger partial charge in [0, 0.05) is 5.56 Å². The molecule has 0 atom stereocenters. The third-order valence-corrected chi connectivity index (χ3v) is 2.20. The highest BCUT2D eigenvalue weighted by Gasteiger charge is 2.08. The Labute approximate surface area is 84.3 Å². The Bertz CT molecular complexity index is 345. The second-order valence-corrected chi connectivity index (χ2v) is 3.03. The topological polar surface area (TPSA) is 30.8 Å². The Balaban J connectivity index is 3.17. The summed E-state index contributed by atoms with van der Waals surface area (Å²) in [5.74, 6) is 0.508. The van der Waals surface area contributed by atoms with Crippen LogP contribution in [-0.4, -0.2) is 20.1 Å². The fraction of sp³-hybridized carbons (Fsp3) is 0.364. The summed E-state index contributed by atoms with van der Waals surface area (Å²) >= 11 is 0. The second-order valence-electron chi connectivity index (χ2n) is 3.03. The first-order chi connectivity index (χ1) is 6.70. The number of methoxy groups -OCH3 is 1. The van der Waals surface area contributed by atoms with Crippen molar-refractivity contribution in [2.24, 2.45) is 5.16 Å². The first-order valence-electron chi connectivity index (χ1n) is 4.42. The van der Waals surface area contributed by atoms with Gasteiger partial charge in [-0.25, -0.2) is 0 Å². The van der Waals surface area contributed by atoms with Crippen LogP contribution >= 0.6 is 0 Å². The molecule has 14 heavy (non-hydrogen) atoms. The molecule has 0 saturated heterocycles. The number of benzene rings is 1. The molecule has 1 aromatic rings. The normalized spacial score (nSPS) is 11.3. The molecule has 1 aromatic carbocycles. The van der Waals surface area contributed by atoms with Gasteiger partial charge in [-0.05, 0) is 36.2 Å². The van der Waals surface area contributed by atoms with Crippen molar-refractivity contribution in [3.05, 3.63) is 34.9 Å². The summed E-state index contributed by atoms with van der Waals surface area (Å²) in [6, 6.07) is 5.99. The van der Waals surface area contributed by atoms with E-state index in [1.54, 1.807) is 7.11 Å². The van der Waals surface area contributed by atoms with E-state index in [-0.39, 0.29) is 0 Å². The Morgan fingerprint density at radius 2 is 1.93 bits per heavy atom. The summed E-state index contributed by atoms with van der Waals surface area (Å²) < 4.78 is 5.14. The standard InChI is InChI=1S/C11H15NO2/c1-8-6-5-7-10(9(8)2)11(13-3)12-14-4/h5-7H,1-4H3. The van der Waals surface area contributed by atoms with E-state index in [4.69, 9.17) is 9.57 Å². The van der Waals surface area contributed by atoms with Gasteiger partial charge in [0.25, 0.3) is 5.90 Å². The molecule has 0 spiro atoms. The van der Waals surface area contributed by atoms with Crippen molar-refractivity contribution in [1.29, 1.82) is 0 Å². The molecule has 0 aliphatic heterocycles. The number of ether oxygens (including phenoxy) is 1. The SMILES string of the molecule is CON=C(OC)c1cccc(C)c1C. The predicted molar refractivity (Wildman–Crippen MR) is 56.5 cm³/mol. The lowest BCUT2D eigenvalue weighted by Crippen LogP contribution is -2.07. The lowest BCUT2D eigenvalue weighted by Gasteiger charge is -2.08. The van der Waals surface area contributed by atoms with Gasteiger partial charge in [-0.15, -0.1) is 0 Å². The quantitative estimate of drug-likeness (QED) is 0.410. The average Bonchev–Trinajstić information content (AvgIpc) is 2.19. The van der Waals surface area contributed by atoms with Crippen molar-refractivity contribution in [3.63, 3.8) is 0 Å². The summed E-state index contributed by atoms with van der Waals surface area (Å²) in [6.07, 6.45) is 0. The van der Waals surface area contributed by atoms with E-state index < -0.39 is 0 Å². The molecular formula is C11H15NO2. The van der Waals surface area contributed by atoms with E-state index in [1.165, 1.54) is 12.7 Å². The van der Waals surface area contributed by atoms with Crippen molar-refractivity contribution in [3.8, 4) is 0 Å². The Morgan fingerprint density at radius 1 is 1.21 bits per heavy atom. The Morgan fingerprint density at radius 3 is 2.50 bits per heavy atom. The smallest absolute Gasteiger partial charge is 0.257 e. The fourth-order valence-corrected chi connectivity index (χ4v) is 1.26. The molecule has 0 heterocycles. The maximum absolute atomic E-state index is 5.14. The van der Waals surface area contributed by atoms with Crippen molar-refractivity contribution in [2.75, 3.05) is 14.2 Å². The zero-order valence-corrected chi connectivity index (χ0v) is 9.00. The van der Waals surface area contributed by atoms with Crippen LogP contribution in [0.25, 0.3) is 0 Å². The highest BCUT2D eigenvalue weighted by Crippen LogP contribution is 2.14. The van der Waals surface area contributed by atoms with Crippen molar-refractivity contribution >= 4 is 5.90 Å². The lowest BCUT2D eigenvalue weighted by atomic mass is 10.0. The maximum atomic E-state index is 5.14. The highest BCUT2D eigenvalue weighted by atomic mass is 16.6. The van der Waals surface area contributed by atoms with Gasteiger partial charge in [0.15, 0.2) is 0 Å². The highest BCUT2D eigenvalue weighted by molar-refractivity contribution is 5.95. The van der Waals surface area contributed by atoms with Crippen LogP contribution in [0.4, 0.5) is 0 Å². The van der Waals surface area contributed by atoms with Gasteiger partial charge in [0.05, 0.1) is 7.11 Å². The number of aryl methyl sites for hydroxylation is 1. The molecule has 1 rings (SSSR count). The van der Waals surface area contributed by atoms with Crippen LogP contribution in [0.15, 0.2) is 23.4 Å². The molecule has 0 amide bonds. The van der Waals surface area contributed by atoms with Gasteiger partial charge in [0.1, 0.15) is 7.11 Å². The molecule has 0 aliphatic rings. The van der Waals surface area contributed by atoms with Crippen molar-refractivity contribution < 1.29 is 9.57 Å². The molecular weight excluding hydrogens is 178 g/mol. The molecule has 0 aromatic heterocycles. The summed E-state index contributed by atoms with van der Waals surface area (Å²) in [6.45, 7) is 4.09. The molecule has 0 bridgehead atoms. The molecule has 3 heteroatoms. The fourth-order valence-electron chi connectivity index (χ4n) is 1.26. The van der Waals surface area contributed by atoms with E-state index in [0.717, 1.165) is 11.1 Å². The minimum atomic E-state index is 0.508. The van der Waals surface area contributed by atoms with Gasteiger partial charge in [0.2, 0.25) is 0 Å². The van der Waals surface area contributed by atoms with Crippen molar-refractivity contribution in [2.45, 2.75) is 13.8 Å². The van der Waals surface area contributed by atoms with E-state index >= 15 is 0 Å². The third kappa shape index (κ3) is 2.05. The first-order valence-corrected chi connectivity index (χ1v) is 4.42. The van der Waals surface area contributed by atoms with E-state index in [9.17, 15) is 0 Å². The molecule has 0 fully saturated rings. The second kappa shape index (κ2) is 4.65. The van der Waals surface area contributed by atoms with Gasteiger partial charge >= 0.3 is 0 Å². The van der Waals surface area contributed by atoms with E-state index in [2.05, 4.69) is 18.1 Å². The number of hydrogen-bond acceptors (Lipinski definition) is 3. The van der Waals surface area contributed by atoms with Crippen LogP contribution < -0.4 is 0 Å². The number of oxime groups is 1. The average molecular weight is 193 g/mol. The van der Waals surface area contributed by atoms with Crippen LogP contribution in [0.5, 0.6) is 0 Å². The van der Waals surface area contributed by atoms with Gasteiger partial charge in [-0.2, -0.15) is 0 Å². The van der Waals surface area contributed by atoms with Crippen molar-refractivity contribution in [1.82, 2.24) is 0 Å². The number of rotatable bonds is 2. The van der Waals surface area contributed by atoms with Gasteiger partial charge in [-0.3, -0.25) is 0 Å². The van der Waals surface area contributed by atoms with E-state index in [0.29, 0.717) is 5.90 Å². The van der Waals surface area contributed by atoms with E-state index in [1.807, 2.05) is 19.1 Å². The molecule has 0 aliphatic carbocycles. The minimum Gasteiger partial charge on any atom is -0.478 e. The first kappa shape index (κ1) is 10.6. The zero-order valence-electron chi connectivity index (χ0n) is 9.00. The summed E-state index contributed by atoms with van der Waals surface area (Å²) in [7, 11) is 3.09. The summed E-state index contributed by atoms with van der Waals surface area (Å²) in [5.41, 5.74) is 3.34. The van der Waals surface area contributed by atoms with Crippen LogP contribution in [0.3, 0.4) is 0 Å². The maximum Gasteiger partial charge on any atom is 0.257 e. The summed E-state index contributed by atoms with van der Waals surface area (Å²) in [5, 5.41) is 3.81. The zero-order chi connectivity index (χ0) is 10.6. The number of hydrogen-bond donors (Lipinski definition) is 0. The van der Waals surface area contributed by atoms with Crippen LogP contribution in [-0.2, 0) is 9.57 Å². The molecule has 76 valence electrons. The van der Waals surface area contributed by atoms with Gasteiger partial charge in [-0.1, -0.05) is 12.1 Å². The molecule has 3 nitrogen and oxygen atoms in total. The minimum absolute atomic E-state index is 0.508. The number of nitrogens with zero attached hydrogens (tertiary/aromatic N) is 1. The van der Waals surface area contributed by atoms with Gasteiger partial charge < -0.3 is 9.57 Å². The molecule has 0 unspecified atom stereocenters. The lowest BCUT2D eigenvalue weighted by molar-refractivity contribution is 0.200. The molecule has 0 saturated carbocycles. The van der Waals surface area contributed by atoms with Crippen LogP contribution in [0, 0.1) is 13.8 Å². The Kier molecular flexibility index (Phi) is 3.51. The molecule has 0 N–H and O–H groups in total.